The number of nitrogens with zero attached hydrogens (tertiary/aromatic N) is 1. The van der Waals surface area contributed by atoms with Gasteiger partial charge < -0.3 is 4.74 Å². The van der Waals surface area contributed by atoms with Crippen LogP contribution in [0.15, 0.2) is 54.6 Å². The number of imide groups is 1. The highest BCUT2D eigenvalue weighted by atomic mass is 35.5. The molecule has 0 aromatic heterocycles. The monoisotopic (exact) mass is 337 g/mol. The van der Waals surface area contributed by atoms with Gasteiger partial charge in [-0.15, -0.1) is 0 Å². The van der Waals surface area contributed by atoms with Crippen molar-refractivity contribution in [3.8, 4) is 5.75 Å². The Morgan fingerprint density at radius 3 is 2.21 bits per heavy atom. The third-order valence-corrected chi connectivity index (χ3v) is 4.51. The first kappa shape index (κ1) is 14.7. The lowest BCUT2D eigenvalue weighted by molar-refractivity contribution is 0.0893. The molecule has 0 saturated carbocycles. The number of halogens is 1. The van der Waals surface area contributed by atoms with Crippen molar-refractivity contribution in [1.29, 1.82) is 0 Å². The number of benzene rings is 3. The average molecular weight is 338 g/mol. The standard InChI is InChI=1S/C19H12ClNO3/c1-24-12-7-5-11(6-8-12)21-18(22)14-4-2-3-13-16(20)10-9-15(17(13)14)19(21)23/h2-10H,1H3. The largest absolute Gasteiger partial charge is 0.497 e. The number of rotatable bonds is 2. The number of carbonyl (C=O) groups is 2. The minimum absolute atomic E-state index is 0.356. The van der Waals surface area contributed by atoms with Gasteiger partial charge in [0.15, 0.2) is 0 Å². The van der Waals surface area contributed by atoms with Crippen LogP contribution >= 0.6 is 11.6 Å². The quantitative estimate of drug-likeness (QED) is 0.655. The van der Waals surface area contributed by atoms with Crippen LogP contribution in [0.5, 0.6) is 5.75 Å². The molecule has 0 unspecified atom stereocenters. The van der Waals surface area contributed by atoms with Gasteiger partial charge in [-0.3, -0.25) is 9.59 Å². The zero-order valence-electron chi connectivity index (χ0n) is 12.7. The summed E-state index contributed by atoms with van der Waals surface area (Å²) in [4.78, 5) is 27.0. The Kier molecular flexibility index (Phi) is 3.28. The second kappa shape index (κ2) is 5.35. The molecule has 1 aliphatic heterocycles. The summed E-state index contributed by atoms with van der Waals surface area (Å²) in [5.41, 5.74) is 1.45. The van der Waals surface area contributed by atoms with Crippen molar-refractivity contribution in [3.63, 3.8) is 0 Å². The van der Waals surface area contributed by atoms with E-state index in [1.807, 2.05) is 6.07 Å². The molecule has 1 heterocycles. The first-order chi connectivity index (χ1) is 11.6. The van der Waals surface area contributed by atoms with Crippen molar-refractivity contribution in [3.05, 3.63) is 70.7 Å². The lowest BCUT2D eigenvalue weighted by atomic mass is 9.93. The second-order valence-electron chi connectivity index (χ2n) is 5.47. The fourth-order valence-electron chi connectivity index (χ4n) is 3.03. The fourth-order valence-corrected chi connectivity index (χ4v) is 3.25. The summed E-state index contributed by atoms with van der Waals surface area (Å²) in [5.74, 6) is -0.0546. The first-order valence-corrected chi connectivity index (χ1v) is 7.73. The molecule has 0 bridgehead atoms. The van der Waals surface area contributed by atoms with E-state index in [0.717, 1.165) is 0 Å². The number of methoxy groups -OCH3 is 1. The highest BCUT2D eigenvalue weighted by molar-refractivity contribution is 6.40. The van der Waals surface area contributed by atoms with Crippen LogP contribution in [0.1, 0.15) is 20.7 Å². The summed E-state index contributed by atoms with van der Waals surface area (Å²) in [5, 5.41) is 1.85. The molecule has 4 nitrogen and oxygen atoms in total. The maximum Gasteiger partial charge on any atom is 0.265 e. The Morgan fingerprint density at radius 1 is 0.875 bits per heavy atom. The van der Waals surface area contributed by atoms with E-state index in [1.54, 1.807) is 55.6 Å². The molecule has 1 aliphatic rings. The third-order valence-electron chi connectivity index (χ3n) is 4.19. The molecule has 24 heavy (non-hydrogen) atoms. The smallest absolute Gasteiger partial charge is 0.265 e. The maximum atomic E-state index is 12.9. The van der Waals surface area contributed by atoms with Gasteiger partial charge >= 0.3 is 0 Å². The van der Waals surface area contributed by atoms with Gasteiger partial charge in [0.2, 0.25) is 0 Å². The van der Waals surface area contributed by atoms with E-state index >= 15 is 0 Å². The Morgan fingerprint density at radius 2 is 1.54 bits per heavy atom. The lowest BCUT2D eigenvalue weighted by Crippen LogP contribution is -2.40. The van der Waals surface area contributed by atoms with E-state index < -0.39 is 0 Å². The molecule has 0 atom stereocenters. The third kappa shape index (κ3) is 2.00. The predicted molar refractivity (Wildman–Crippen MR) is 93.1 cm³/mol. The van der Waals surface area contributed by atoms with Gasteiger partial charge in [-0.25, -0.2) is 4.90 Å². The van der Waals surface area contributed by atoms with E-state index in [4.69, 9.17) is 16.3 Å². The van der Waals surface area contributed by atoms with E-state index in [-0.39, 0.29) is 11.8 Å². The topological polar surface area (TPSA) is 46.6 Å². The molecule has 0 N–H and O–H groups in total. The second-order valence-corrected chi connectivity index (χ2v) is 5.87. The molecule has 118 valence electrons. The Hall–Kier alpha value is -2.85. The summed E-state index contributed by atoms with van der Waals surface area (Å²) in [7, 11) is 1.56. The molecule has 0 aliphatic carbocycles. The molecular weight excluding hydrogens is 326 g/mol. The van der Waals surface area contributed by atoms with Gasteiger partial charge in [0, 0.05) is 26.9 Å². The molecular formula is C19H12ClNO3. The summed E-state index contributed by atoms with van der Waals surface area (Å²) in [6.07, 6.45) is 0. The maximum absolute atomic E-state index is 12.9. The molecule has 4 rings (SSSR count). The van der Waals surface area contributed by atoms with Gasteiger partial charge in [-0.05, 0) is 42.5 Å². The number of ether oxygens (including phenoxy) is 1. The van der Waals surface area contributed by atoms with E-state index in [9.17, 15) is 9.59 Å². The van der Waals surface area contributed by atoms with Gasteiger partial charge in [-0.1, -0.05) is 23.7 Å². The summed E-state index contributed by atoms with van der Waals surface area (Å²) >= 11 is 6.21. The van der Waals surface area contributed by atoms with Crippen molar-refractivity contribution < 1.29 is 14.3 Å². The van der Waals surface area contributed by atoms with E-state index in [2.05, 4.69) is 0 Å². The van der Waals surface area contributed by atoms with Crippen LogP contribution in [-0.4, -0.2) is 18.9 Å². The Bertz CT molecular complexity index is 973. The van der Waals surface area contributed by atoms with Crippen molar-refractivity contribution in [1.82, 2.24) is 0 Å². The van der Waals surface area contributed by atoms with Crippen molar-refractivity contribution in [2.45, 2.75) is 0 Å². The first-order valence-electron chi connectivity index (χ1n) is 7.36. The van der Waals surface area contributed by atoms with E-state index in [0.29, 0.717) is 38.4 Å². The molecule has 0 saturated heterocycles. The molecule has 0 radical (unpaired) electrons. The van der Waals surface area contributed by atoms with Crippen LogP contribution in [0.25, 0.3) is 10.8 Å². The zero-order valence-corrected chi connectivity index (χ0v) is 13.5. The van der Waals surface area contributed by atoms with Crippen LogP contribution in [0.3, 0.4) is 0 Å². The summed E-state index contributed by atoms with van der Waals surface area (Å²) < 4.78 is 5.12. The number of hydrogen-bond acceptors (Lipinski definition) is 3. The number of amides is 2. The van der Waals surface area contributed by atoms with Crippen LogP contribution in [0, 0.1) is 0 Å². The van der Waals surface area contributed by atoms with Crippen molar-refractivity contribution in [2.75, 3.05) is 12.0 Å². The molecule has 5 heteroatoms. The molecule has 3 aromatic rings. The number of carbonyl (C=O) groups excluding carboxylic acids is 2. The van der Waals surface area contributed by atoms with Crippen molar-refractivity contribution >= 4 is 39.9 Å². The molecule has 3 aromatic carbocycles. The highest BCUT2D eigenvalue weighted by Gasteiger charge is 2.34. The van der Waals surface area contributed by atoms with Crippen LogP contribution < -0.4 is 9.64 Å². The van der Waals surface area contributed by atoms with Crippen LogP contribution in [0.4, 0.5) is 5.69 Å². The normalized spacial score (nSPS) is 13.5. The predicted octanol–water partition coefficient (Wildman–Crippen LogP) is 4.30. The van der Waals surface area contributed by atoms with Gasteiger partial charge in [0.05, 0.1) is 12.8 Å². The van der Waals surface area contributed by atoms with Crippen LogP contribution in [0.2, 0.25) is 5.02 Å². The Labute approximate surface area is 143 Å². The minimum Gasteiger partial charge on any atom is -0.497 e. The van der Waals surface area contributed by atoms with Gasteiger partial charge in [0.25, 0.3) is 11.8 Å². The molecule has 2 amide bonds. The lowest BCUT2D eigenvalue weighted by Gasteiger charge is -2.27. The number of hydrogen-bond donors (Lipinski definition) is 0. The Balaban J connectivity index is 1.93. The summed E-state index contributed by atoms with van der Waals surface area (Å²) in [6, 6.07) is 15.5. The highest BCUT2D eigenvalue weighted by Crippen LogP contribution is 2.36. The average Bonchev–Trinajstić information content (AvgIpc) is 2.61. The molecule has 0 fully saturated rings. The SMILES string of the molecule is COc1ccc(N2C(=O)c3cccc4c(Cl)ccc(c34)C2=O)cc1. The zero-order chi connectivity index (χ0) is 16.8. The van der Waals surface area contributed by atoms with Crippen molar-refractivity contribution in [2.24, 2.45) is 0 Å². The summed E-state index contributed by atoms with van der Waals surface area (Å²) in [6.45, 7) is 0. The van der Waals surface area contributed by atoms with E-state index in [1.165, 1.54) is 4.90 Å². The van der Waals surface area contributed by atoms with Gasteiger partial charge in [-0.2, -0.15) is 0 Å². The van der Waals surface area contributed by atoms with Gasteiger partial charge in [0.1, 0.15) is 5.75 Å². The van der Waals surface area contributed by atoms with Crippen LogP contribution in [-0.2, 0) is 0 Å². The number of anilines is 1. The molecule has 0 spiro atoms. The minimum atomic E-state index is -0.356. The fraction of sp³-hybridized carbons (Fsp3) is 0.0526.